The highest BCUT2D eigenvalue weighted by atomic mass is 32.1. The molecule has 2 atom stereocenters. The van der Waals surface area contributed by atoms with Gasteiger partial charge in [-0.3, -0.25) is 0 Å². The molecule has 0 bridgehead atoms. The van der Waals surface area contributed by atoms with Crippen LogP contribution in [-0.4, -0.2) is 30.3 Å². The zero-order valence-electron chi connectivity index (χ0n) is 12.9. The number of nitrogens with zero attached hydrogens (tertiary/aromatic N) is 1. The third-order valence-electron chi connectivity index (χ3n) is 3.13. The number of nitrogens with one attached hydrogen (secondary N) is 1. The zero-order valence-corrected chi connectivity index (χ0v) is 13.7. The maximum absolute atomic E-state index is 5.96. The van der Waals surface area contributed by atoms with Crippen molar-refractivity contribution >= 4 is 11.3 Å². The van der Waals surface area contributed by atoms with E-state index in [0.717, 1.165) is 31.7 Å². The minimum Gasteiger partial charge on any atom is -0.377 e. The standard InChI is InChI=1S/C15H28N2OS/c1-6-8-16-13(15(11(3)4)18-7-2)9-14-17-12(5)10-19-14/h10-11,13,15-16H,6-9H2,1-5H3. The first-order chi connectivity index (χ1) is 9.08. The Balaban J connectivity index is 2.73. The summed E-state index contributed by atoms with van der Waals surface area (Å²) in [6.45, 7) is 12.6. The van der Waals surface area contributed by atoms with Gasteiger partial charge < -0.3 is 10.1 Å². The summed E-state index contributed by atoms with van der Waals surface area (Å²) in [5.74, 6) is 0.510. The van der Waals surface area contributed by atoms with Crippen LogP contribution in [0.2, 0.25) is 0 Å². The first-order valence-corrected chi connectivity index (χ1v) is 8.22. The van der Waals surface area contributed by atoms with Crippen LogP contribution in [0.3, 0.4) is 0 Å². The van der Waals surface area contributed by atoms with Gasteiger partial charge in [0.1, 0.15) is 0 Å². The van der Waals surface area contributed by atoms with Gasteiger partial charge in [0, 0.05) is 30.1 Å². The number of ether oxygens (including phenoxy) is 1. The normalized spacial score (nSPS) is 14.8. The molecule has 0 amide bonds. The van der Waals surface area contributed by atoms with E-state index in [1.165, 1.54) is 5.01 Å². The van der Waals surface area contributed by atoms with Crippen molar-refractivity contribution in [2.24, 2.45) is 5.92 Å². The molecule has 4 heteroatoms. The van der Waals surface area contributed by atoms with E-state index in [9.17, 15) is 0 Å². The van der Waals surface area contributed by atoms with Gasteiger partial charge in [-0.15, -0.1) is 11.3 Å². The zero-order chi connectivity index (χ0) is 14.3. The summed E-state index contributed by atoms with van der Waals surface area (Å²) in [5, 5.41) is 6.96. The van der Waals surface area contributed by atoms with Gasteiger partial charge in [0.25, 0.3) is 0 Å². The molecule has 0 saturated heterocycles. The SMILES string of the molecule is CCCNC(Cc1nc(C)cs1)C(OCC)C(C)C. The Morgan fingerprint density at radius 2 is 2.11 bits per heavy atom. The van der Waals surface area contributed by atoms with Crippen LogP contribution >= 0.6 is 11.3 Å². The molecule has 1 aromatic rings. The van der Waals surface area contributed by atoms with Gasteiger partial charge in [0.05, 0.1) is 11.1 Å². The van der Waals surface area contributed by atoms with E-state index in [1.807, 2.05) is 0 Å². The molecular weight excluding hydrogens is 256 g/mol. The fraction of sp³-hybridized carbons (Fsp3) is 0.800. The molecule has 3 nitrogen and oxygen atoms in total. The third-order valence-corrected chi connectivity index (χ3v) is 4.12. The summed E-state index contributed by atoms with van der Waals surface area (Å²) in [4.78, 5) is 4.58. The molecule has 0 saturated carbocycles. The van der Waals surface area contributed by atoms with Crippen LogP contribution in [0.5, 0.6) is 0 Å². The van der Waals surface area contributed by atoms with Crippen LogP contribution in [0.1, 0.15) is 44.8 Å². The molecule has 0 aliphatic rings. The monoisotopic (exact) mass is 284 g/mol. The van der Waals surface area contributed by atoms with Crippen molar-refractivity contribution in [3.8, 4) is 0 Å². The molecule has 1 aromatic heterocycles. The first-order valence-electron chi connectivity index (χ1n) is 7.34. The van der Waals surface area contributed by atoms with Gasteiger partial charge >= 0.3 is 0 Å². The largest absolute Gasteiger partial charge is 0.377 e. The molecule has 0 aromatic carbocycles. The second kappa shape index (κ2) is 8.67. The molecule has 110 valence electrons. The molecular formula is C15H28N2OS. The summed E-state index contributed by atoms with van der Waals surface area (Å²) in [6.07, 6.45) is 2.35. The van der Waals surface area contributed by atoms with Crippen LogP contribution < -0.4 is 5.32 Å². The fourth-order valence-electron chi connectivity index (χ4n) is 2.28. The summed E-state index contributed by atoms with van der Waals surface area (Å²) >= 11 is 1.75. The highest BCUT2D eigenvalue weighted by molar-refractivity contribution is 7.09. The van der Waals surface area contributed by atoms with E-state index in [2.05, 4.69) is 50.3 Å². The van der Waals surface area contributed by atoms with Crippen LogP contribution in [0.4, 0.5) is 0 Å². The number of hydrogen-bond acceptors (Lipinski definition) is 4. The average molecular weight is 284 g/mol. The summed E-state index contributed by atoms with van der Waals surface area (Å²) in [5.41, 5.74) is 1.12. The maximum Gasteiger partial charge on any atom is 0.0944 e. The number of hydrogen-bond donors (Lipinski definition) is 1. The smallest absolute Gasteiger partial charge is 0.0944 e. The lowest BCUT2D eigenvalue weighted by molar-refractivity contribution is 0.00361. The fourth-order valence-corrected chi connectivity index (χ4v) is 3.12. The molecule has 19 heavy (non-hydrogen) atoms. The van der Waals surface area contributed by atoms with Gasteiger partial charge in [-0.05, 0) is 32.7 Å². The minimum atomic E-state index is 0.251. The topological polar surface area (TPSA) is 34.2 Å². The molecule has 1 heterocycles. The number of aromatic nitrogens is 1. The van der Waals surface area contributed by atoms with Gasteiger partial charge in [-0.2, -0.15) is 0 Å². The Hall–Kier alpha value is -0.450. The molecule has 0 aliphatic heterocycles. The van der Waals surface area contributed by atoms with Crippen LogP contribution in [0.25, 0.3) is 0 Å². The lowest BCUT2D eigenvalue weighted by Crippen LogP contribution is -2.46. The molecule has 1 rings (SSSR count). The maximum atomic E-state index is 5.96. The summed E-state index contributed by atoms with van der Waals surface area (Å²) in [7, 11) is 0. The lowest BCUT2D eigenvalue weighted by Gasteiger charge is -2.30. The van der Waals surface area contributed by atoms with Crippen molar-refractivity contribution in [1.82, 2.24) is 10.3 Å². The Labute approximate surface area is 121 Å². The Kier molecular flexibility index (Phi) is 7.57. The van der Waals surface area contributed by atoms with E-state index < -0.39 is 0 Å². The highest BCUT2D eigenvalue weighted by Crippen LogP contribution is 2.18. The van der Waals surface area contributed by atoms with Crippen molar-refractivity contribution in [1.29, 1.82) is 0 Å². The molecule has 0 aliphatic carbocycles. The van der Waals surface area contributed by atoms with Crippen molar-refractivity contribution < 1.29 is 4.74 Å². The van der Waals surface area contributed by atoms with Crippen molar-refractivity contribution in [2.75, 3.05) is 13.2 Å². The first kappa shape index (κ1) is 16.6. The second-order valence-corrected chi connectivity index (χ2v) is 6.25. The van der Waals surface area contributed by atoms with E-state index >= 15 is 0 Å². The Morgan fingerprint density at radius 1 is 1.37 bits per heavy atom. The summed E-state index contributed by atoms with van der Waals surface area (Å²) in [6, 6.07) is 0.352. The molecule has 1 N–H and O–H groups in total. The average Bonchev–Trinajstić information content (AvgIpc) is 2.77. The highest BCUT2D eigenvalue weighted by Gasteiger charge is 2.25. The van der Waals surface area contributed by atoms with Gasteiger partial charge in [0.15, 0.2) is 0 Å². The molecule has 0 spiro atoms. The predicted molar refractivity (Wildman–Crippen MR) is 82.9 cm³/mol. The van der Waals surface area contributed by atoms with E-state index in [4.69, 9.17) is 4.74 Å². The van der Waals surface area contributed by atoms with Crippen LogP contribution in [-0.2, 0) is 11.2 Å². The number of aryl methyl sites for hydroxylation is 1. The quantitative estimate of drug-likeness (QED) is 0.754. The summed E-state index contributed by atoms with van der Waals surface area (Å²) < 4.78 is 5.96. The van der Waals surface area contributed by atoms with Crippen LogP contribution in [0, 0.1) is 12.8 Å². The predicted octanol–water partition coefficient (Wildman–Crippen LogP) is 3.42. The van der Waals surface area contributed by atoms with Gasteiger partial charge in [-0.25, -0.2) is 4.98 Å². The van der Waals surface area contributed by atoms with Gasteiger partial charge in [-0.1, -0.05) is 20.8 Å². The second-order valence-electron chi connectivity index (χ2n) is 5.31. The van der Waals surface area contributed by atoms with Crippen molar-refractivity contribution in [3.05, 3.63) is 16.1 Å². The Morgan fingerprint density at radius 3 is 2.58 bits per heavy atom. The van der Waals surface area contributed by atoms with Crippen molar-refractivity contribution in [3.63, 3.8) is 0 Å². The minimum absolute atomic E-state index is 0.251. The number of thiazole rings is 1. The molecule has 0 fully saturated rings. The number of rotatable bonds is 9. The van der Waals surface area contributed by atoms with E-state index in [-0.39, 0.29) is 6.10 Å². The third kappa shape index (κ3) is 5.59. The molecule has 0 radical (unpaired) electrons. The Bertz CT molecular complexity index is 352. The van der Waals surface area contributed by atoms with Crippen LogP contribution in [0.15, 0.2) is 5.38 Å². The van der Waals surface area contributed by atoms with Crippen molar-refractivity contribution in [2.45, 2.75) is 59.6 Å². The van der Waals surface area contributed by atoms with E-state index in [0.29, 0.717) is 12.0 Å². The lowest BCUT2D eigenvalue weighted by atomic mass is 9.97. The molecule has 2 unspecified atom stereocenters. The van der Waals surface area contributed by atoms with E-state index in [1.54, 1.807) is 11.3 Å². The van der Waals surface area contributed by atoms with Gasteiger partial charge in [0.2, 0.25) is 0 Å².